The van der Waals surface area contributed by atoms with Gasteiger partial charge in [-0.1, -0.05) is 35.5 Å². The summed E-state index contributed by atoms with van der Waals surface area (Å²) >= 11 is 0. The SMILES string of the molecule is COCCCCC(=NOCCN1CCCC(C(=O)O)C1)c1ccccc1.Cl. The molecule has 1 aliphatic heterocycles. The molecule has 1 N–H and O–H groups in total. The predicted molar refractivity (Wildman–Crippen MR) is 109 cm³/mol. The molecule has 1 unspecified atom stereocenters. The van der Waals surface area contributed by atoms with Gasteiger partial charge in [0.05, 0.1) is 11.6 Å². The fraction of sp³-hybridized carbons (Fsp3) is 0.600. The lowest BCUT2D eigenvalue weighted by Crippen LogP contribution is -2.40. The van der Waals surface area contributed by atoms with Gasteiger partial charge in [0.1, 0.15) is 6.61 Å². The Morgan fingerprint density at radius 1 is 1.26 bits per heavy atom. The topological polar surface area (TPSA) is 71.4 Å². The van der Waals surface area contributed by atoms with Gasteiger partial charge in [0.2, 0.25) is 0 Å². The third-order valence-corrected chi connectivity index (χ3v) is 4.65. The first-order chi connectivity index (χ1) is 12.7. The lowest BCUT2D eigenvalue weighted by atomic mass is 9.98. The van der Waals surface area contributed by atoms with Gasteiger partial charge in [0.25, 0.3) is 0 Å². The van der Waals surface area contributed by atoms with E-state index in [2.05, 4.69) is 10.1 Å². The number of methoxy groups -OCH3 is 1. The summed E-state index contributed by atoms with van der Waals surface area (Å²) in [7, 11) is 1.71. The molecule has 2 rings (SSSR count). The van der Waals surface area contributed by atoms with Crippen molar-refractivity contribution in [2.45, 2.75) is 32.1 Å². The van der Waals surface area contributed by atoms with Crippen molar-refractivity contribution in [3.8, 4) is 0 Å². The number of hydrogen-bond acceptors (Lipinski definition) is 5. The Morgan fingerprint density at radius 3 is 2.74 bits per heavy atom. The summed E-state index contributed by atoms with van der Waals surface area (Å²) in [6, 6.07) is 10.1. The largest absolute Gasteiger partial charge is 0.481 e. The van der Waals surface area contributed by atoms with E-state index >= 15 is 0 Å². The standard InChI is InChI=1S/C20H30N2O4.ClH/c1-25-14-6-5-11-19(17-8-3-2-4-9-17)21-26-15-13-22-12-7-10-18(16-22)20(23)24;/h2-4,8-9,18H,5-7,10-16H2,1H3,(H,23,24);1H. The molecule has 152 valence electrons. The molecule has 0 spiro atoms. The average Bonchev–Trinajstić information content (AvgIpc) is 2.67. The lowest BCUT2D eigenvalue weighted by Gasteiger charge is -2.29. The zero-order chi connectivity index (χ0) is 18.6. The molecule has 0 bridgehead atoms. The minimum absolute atomic E-state index is 0. The highest BCUT2D eigenvalue weighted by Gasteiger charge is 2.24. The molecule has 1 aromatic carbocycles. The van der Waals surface area contributed by atoms with Crippen molar-refractivity contribution >= 4 is 24.1 Å². The number of hydrogen-bond donors (Lipinski definition) is 1. The molecule has 6 nitrogen and oxygen atoms in total. The van der Waals surface area contributed by atoms with E-state index in [4.69, 9.17) is 14.7 Å². The van der Waals surface area contributed by atoms with Crippen LogP contribution in [0.2, 0.25) is 0 Å². The first-order valence-electron chi connectivity index (χ1n) is 9.39. The van der Waals surface area contributed by atoms with Crippen LogP contribution in [0.1, 0.15) is 37.7 Å². The van der Waals surface area contributed by atoms with Gasteiger partial charge in [-0.2, -0.15) is 0 Å². The van der Waals surface area contributed by atoms with E-state index in [1.165, 1.54) is 0 Å². The van der Waals surface area contributed by atoms with Crippen molar-refractivity contribution in [1.82, 2.24) is 4.90 Å². The Hall–Kier alpha value is -1.63. The van der Waals surface area contributed by atoms with Crippen LogP contribution in [-0.2, 0) is 14.4 Å². The van der Waals surface area contributed by atoms with Crippen LogP contribution in [0.5, 0.6) is 0 Å². The number of nitrogens with zero attached hydrogens (tertiary/aromatic N) is 2. The van der Waals surface area contributed by atoms with E-state index in [0.29, 0.717) is 19.7 Å². The molecule has 27 heavy (non-hydrogen) atoms. The second kappa shape index (κ2) is 13.5. The maximum Gasteiger partial charge on any atom is 0.307 e. The van der Waals surface area contributed by atoms with E-state index in [-0.39, 0.29) is 18.3 Å². The number of oxime groups is 1. The zero-order valence-corrected chi connectivity index (χ0v) is 16.8. The number of aliphatic carboxylic acids is 1. The number of carboxylic acids is 1. The maximum absolute atomic E-state index is 11.1. The van der Waals surface area contributed by atoms with Crippen LogP contribution >= 0.6 is 12.4 Å². The second-order valence-corrected chi connectivity index (χ2v) is 6.67. The quantitative estimate of drug-likeness (QED) is 0.351. The Kier molecular flexibility index (Phi) is 11.7. The van der Waals surface area contributed by atoms with E-state index in [9.17, 15) is 4.79 Å². The van der Waals surface area contributed by atoms with Crippen LogP contribution in [0.25, 0.3) is 0 Å². The Morgan fingerprint density at radius 2 is 2.04 bits per heavy atom. The average molecular weight is 399 g/mol. The second-order valence-electron chi connectivity index (χ2n) is 6.67. The summed E-state index contributed by atoms with van der Waals surface area (Å²) in [5, 5.41) is 13.5. The first kappa shape index (κ1) is 23.4. The van der Waals surface area contributed by atoms with E-state index in [0.717, 1.165) is 56.5 Å². The number of piperidine rings is 1. The van der Waals surface area contributed by atoms with Gasteiger partial charge in [0, 0.05) is 26.8 Å². The van der Waals surface area contributed by atoms with Crippen LogP contribution in [0.3, 0.4) is 0 Å². The molecule has 1 fully saturated rings. The van der Waals surface area contributed by atoms with Gasteiger partial charge in [0.15, 0.2) is 0 Å². The van der Waals surface area contributed by atoms with Crippen LogP contribution in [-0.4, -0.2) is 61.6 Å². The van der Waals surface area contributed by atoms with Gasteiger partial charge in [-0.3, -0.25) is 9.69 Å². The highest BCUT2D eigenvalue weighted by atomic mass is 35.5. The molecule has 1 heterocycles. The summed E-state index contributed by atoms with van der Waals surface area (Å²) in [6.45, 7) is 3.47. The van der Waals surface area contributed by atoms with Crippen LogP contribution in [0.15, 0.2) is 35.5 Å². The molecule has 0 radical (unpaired) electrons. The minimum Gasteiger partial charge on any atom is -0.481 e. The third kappa shape index (κ3) is 8.73. The zero-order valence-electron chi connectivity index (χ0n) is 16.0. The predicted octanol–water partition coefficient (Wildman–Crippen LogP) is 3.44. The molecular formula is C20H31ClN2O4. The summed E-state index contributed by atoms with van der Waals surface area (Å²) in [6.07, 6.45) is 4.53. The van der Waals surface area contributed by atoms with Crippen molar-refractivity contribution < 1.29 is 19.5 Å². The highest BCUT2D eigenvalue weighted by molar-refractivity contribution is 6.00. The number of carbonyl (C=O) groups is 1. The van der Waals surface area contributed by atoms with Crippen molar-refractivity contribution in [3.63, 3.8) is 0 Å². The van der Waals surface area contributed by atoms with E-state index < -0.39 is 5.97 Å². The third-order valence-electron chi connectivity index (χ3n) is 4.65. The number of ether oxygens (including phenoxy) is 1. The molecule has 1 atom stereocenters. The first-order valence-corrected chi connectivity index (χ1v) is 9.39. The number of rotatable bonds is 11. The van der Waals surface area contributed by atoms with Gasteiger partial charge in [-0.25, -0.2) is 0 Å². The van der Waals surface area contributed by atoms with Crippen LogP contribution in [0, 0.1) is 5.92 Å². The van der Waals surface area contributed by atoms with E-state index in [1.807, 2.05) is 30.3 Å². The molecular weight excluding hydrogens is 368 g/mol. The Bertz CT molecular complexity index is 568. The summed E-state index contributed by atoms with van der Waals surface area (Å²) < 4.78 is 5.10. The van der Waals surface area contributed by atoms with E-state index in [1.54, 1.807) is 7.11 Å². The molecule has 7 heteroatoms. The number of carboxylic acid groups (broad SMARTS) is 1. The minimum atomic E-state index is -0.698. The number of halogens is 1. The molecule has 0 saturated carbocycles. The summed E-state index contributed by atoms with van der Waals surface area (Å²) in [5.74, 6) is -0.955. The normalized spacial score (nSPS) is 18.0. The maximum atomic E-state index is 11.1. The molecule has 1 aliphatic rings. The van der Waals surface area contributed by atoms with Gasteiger partial charge < -0.3 is 14.7 Å². The highest BCUT2D eigenvalue weighted by Crippen LogP contribution is 2.16. The number of benzene rings is 1. The van der Waals surface area contributed by atoms with Crippen molar-refractivity contribution in [2.75, 3.05) is 40.0 Å². The Labute approximate surface area is 167 Å². The molecule has 1 saturated heterocycles. The molecule has 0 aliphatic carbocycles. The fourth-order valence-corrected chi connectivity index (χ4v) is 3.17. The molecule has 0 amide bonds. The lowest BCUT2D eigenvalue weighted by molar-refractivity contribution is -0.143. The Balaban J connectivity index is 0.00000364. The smallest absolute Gasteiger partial charge is 0.307 e. The summed E-state index contributed by atoms with van der Waals surface area (Å²) in [5.41, 5.74) is 2.03. The van der Waals surface area contributed by atoms with Crippen molar-refractivity contribution in [3.05, 3.63) is 35.9 Å². The van der Waals surface area contributed by atoms with Crippen LogP contribution in [0.4, 0.5) is 0 Å². The van der Waals surface area contributed by atoms with Gasteiger partial charge in [-0.05, 0) is 44.2 Å². The number of unbranched alkanes of at least 4 members (excludes halogenated alkanes) is 1. The van der Waals surface area contributed by atoms with Gasteiger partial charge in [-0.15, -0.1) is 12.4 Å². The van der Waals surface area contributed by atoms with Gasteiger partial charge >= 0.3 is 5.97 Å². The molecule has 0 aromatic heterocycles. The number of likely N-dealkylation sites (tertiary alicyclic amines) is 1. The van der Waals surface area contributed by atoms with Crippen molar-refractivity contribution in [1.29, 1.82) is 0 Å². The molecule has 1 aromatic rings. The fourth-order valence-electron chi connectivity index (χ4n) is 3.17. The van der Waals surface area contributed by atoms with Crippen LogP contribution < -0.4 is 0 Å². The summed E-state index contributed by atoms with van der Waals surface area (Å²) in [4.78, 5) is 18.9. The van der Waals surface area contributed by atoms with Crippen molar-refractivity contribution in [2.24, 2.45) is 11.1 Å². The monoisotopic (exact) mass is 398 g/mol.